The van der Waals surface area contributed by atoms with E-state index in [1.54, 1.807) is 13.1 Å². The molecule has 0 spiro atoms. The first-order chi connectivity index (χ1) is 8.91. The first-order valence-electron chi connectivity index (χ1n) is 6.71. The predicted octanol–water partition coefficient (Wildman–Crippen LogP) is 2.07. The van der Waals surface area contributed by atoms with Crippen molar-refractivity contribution in [3.8, 4) is 0 Å². The second kappa shape index (κ2) is 5.91. The highest BCUT2D eigenvalue weighted by Gasteiger charge is 2.35. The van der Waals surface area contributed by atoms with Gasteiger partial charge in [-0.1, -0.05) is 13.8 Å². The minimum Gasteiger partial charge on any atom is -0.314 e. The van der Waals surface area contributed by atoms with Gasteiger partial charge in [0.15, 0.2) is 0 Å². The smallest absolute Gasteiger partial charge is 0.252 e. The summed E-state index contributed by atoms with van der Waals surface area (Å²) < 4.78 is 26.7. The first-order valence-corrected chi connectivity index (χ1v) is 8.97. The molecule has 0 saturated heterocycles. The summed E-state index contributed by atoms with van der Waals surface area (Å²) in [5, 5.41) is 3.34. The molecule has 1 fully saturated rings. The van der Waals surface area contributed by atoms with Gasteiger partial charge < -0.3 is 5.32 Å². The Balaban J connectivity index is 1.99. The molecule has 0 atom stereocenters. The van der Waals surface area contributed by atoms with Crippen molar-refractivity contribution >= 4 is 21.4 Å². The highest BCUT2D eigenvalue weighted by Crippen LogP contribution is 2.32. The van der Waals surface area contributed by atoms with Gasteiger partial charge in [-0.3, -0.25) is 0 Å². The maximum Gasteiger partial charge on any atom is 0.252 e. The van der Waals surface area contributed by atoms with Gasteiger partial charge >= 0.3 is 0 Å². The van der Waals surface area contributed by atoms with E-state index in [9.17, 15) is 8.42 Å². The molecule has 19 heavy (non-hydrogen) atoms. The molecule has 1 aliphatic rings. The zero-order chi connectivity index (χ0) is 14.0. The second-order valence-corrected chi connectivity index (χ2v) is 8.72. The maximum absolute atomic E-state index is 12.3. The van der Waals surface area contributed by atoms with Crippen molar-refractivity contribution < 1.29 is 8.42 Å². The Labute approximate surface area is 119 Å². The third-order valence-electron chi connectivity index (χ3n) is 3.26. The molecule has 2 rings (SSSR count). The lowest BCUT2D eigenvalue weighted by Crippen LogP contribution is -2.28. The highest BCUT2D eigenvalue weighted by atomic mass is 32.2. The van der Waals surface area contributed by atoms with Crippen LogP contribution in [0, 0.1) is 0 Å². The lowest BCUT2D eigenvalue weighted by molar-refractivity contribution is 0.466. The molecule has 1 heterocycles. The van der Waals surface area contributed by atoms with E-state index in [1.807, 2.05) is 6.07 Å². The van der Waals surface area contributed by atoms with Gasteiger partial charge in [-0.15, -0.1) is 11.3 Å². The fourth-order valence-electron chi connectivity index (χ4n) is 1.89. The number of thiophene rings is 1. The third kappa shape index (κ3) is 3.78. The quantitative estimate of drug-likeness (QED) is 0.839. The van der Waals surface area contributed by atoms with Crippen LogP contribution in [0.2, 0.25) is 0 Å². The van der Waals surface area contributed by atoms with E-state index < -0.39 is 10.0 Å². The molecule has 108 valence electrons. The number of rotatable bonds is 7. The molecule has 1 aromatic rings. The molecule has 0 unspecified atom stereocenters. The van der Waals surface area contributed by atoms with Crippen molar-refractivity contribution in [1.29, 1.82) is 0 Å². The number of sulfonamides is 1. The van der Waals surface area contributed by atoms with E-state index in [0.29, 0.717) is 10.3 Å². The molecule has 1 N–H and O–H groups in total. The lowest BCUT2D eigenvalue weighted by atomic mass is 10.3. The molecule has 1 aliphatic carbocycles. The van der Waals surface area contributed by atoms with E-state index in [4.69, 9.17) is 0 Å². The topological polar surface area (TPSA) is 49.4 Å². The van der Waals surface area contributed by atoms with Crippen molar-refractivity contribution in [3.63, 3.8) is 0 Å². The average Bonchev–Trinajstić information content (AvgIpc) is 3.07. The summed E-state index contributed by atoms with van der Waals surface area (Å²) in [7, 11) is -1.58. The van der Waals surface area contributed by atoms with Crippen LogP contribution in [0.3, 0.4) is 0 Å². The van der Waals surface area contributed by atoms with Crippen LogP contribution in [0.4, 0.5) is 0 Å². The van der Waals surface area contributed by atoms with Gasteiger partial charge in [-0.25, -0.2) is 8.42 Å². The number of hydrogen-bond donors (Lipinski definition) is 1. The van der Waals surface area contributed by atoms with E-state index in [0.717, 1.165) is 30.7 Å². The Hall–Kier alpha value is -0.430. The zero-order valence-corrected chi connectivity index (χ0v) is 13.4. The van der Waals surface area contributed by atoms with Crippen LogP contribution in [-0.4, -0.2) is 38.4 Å². The van der Waals surface area contributed by atoms with Gasteiger partial charge in [-0.2, -0.15) is 4.31 Å². The van der Waals surface area contributed by atoms with Crippen molar-refractivity contribution in [3.05, 3.63) is 17.0 Å². The Morgan fingerprint density at radius 2 is 2.11 bits per heavy atom. The Morgan fingerprint density at radius 1 is 1.42 bits per heavy atom. The van der Waals surface area contributed by atoms with Crippen LogP contribution in [0.5, 0.6) is 0 Å². The zero-order valence-electron chi connectivity index (χ0n) is 11.7. The van der Waals surface area contributed by atoms with E-state index >= 15 is 0 Å². The summed E-state index contributed by atoms with van der Waals surface area (Å²) in [5.41, 5.74) is 0. The Bertz CT molecular complexity index is 519. The maximum atomic E-state index is 12.3. The van der Waals surface area contributed by atoms with Crippen LogP contribution in [0.25, 0.3) is 0 Å². The van der Waals surface area contributed by atoms with Crippen LogP contribution in [-0.2, 0) is 16.4 Å². The van der Waals surface area contributed by atoms with E-state index in [-0.39, 0.29) is 6.04 Å². The first kappa shape index (κ1) is 15.0. The summed E-state index contributed by atoms with van der Waals surface area (Å²) in [4.78, 5) is 1.12. The van der Waals surface area contributed by atoms with Crippen molar-refractivity contribution in [2.45, 2.75) is 49.4 Å². The molecule has 0 amide bonds. The normalized spacial score (nSPS) is 16.5. The van der Waals surface area contributed by atoms with Gasteiger partial charge in [-0.05, 0) is 31.4 Å². The van der Waals surface area contributed by atoms with Crippen molar-refractivity contribution in [2.24, 2.45) is 0 Å². The number of nitrogens with zero attached hydrogens (tertiary/aromatic N) is 1. The molecular formula is C13H22N2O2S2. The molecule has 0 bridgehead atoms. The lowest BCUT2D eigenvalue weighted by Gasteiger charge is -2.14. The van der Waals surface area contributed by atoms with Gasteiger partial charge in [0.25, 0.3) is 10.0 Å². The summed E-state index contributed by atoms with van der Waals surface area (Å²) >= 11 is 1.40. The monoisotopic (exact) mass is 302 g/mol. The number of nitrogens with one attached hydrogen (secondary N) is 1. The third-order valence-corrected chi connectivity index (χ3v) is 6.78. The second-order valence-electron chi connectivity index (χ2n) is 5.33. The molecule has 0 radical (unpaired) electrons. The summed E-state index contributed by atoms with van der Waals surface area (Å²) in [6.07, 6.45) is 2.87. The average molecular weight is 302 g/mol. The highest BCUT2D eigenvalue weighted by molar-refractivity contribution is 7.91. The fraction of sp³-hybridized carbons (Fsp3) is 0.692. The van der Waals surface area contributed by atoms with Crippen LogP contribution in [0.15, 0.2) is 16.3 Å². The van der Waals surface area contributed by atoms with E-state index in [2.05, 4.69) is 19.2 Å². The summed E-state index contributed by atoms with van der Waals surface area (Å²) in [5.74, 6) is 0. The Morgan fingerprint density at radius 3 is 2.68 bits per heavy atom. The molecule has 1 aromatic heterocycles. The minimum atomic E-state index is -3.26. The van der Waals surface area contributed by atoms with Crippen molar-refractivity contribution in [1.82, 2.24) is 9.62 Å². The van der Waals surface area contributed by atoms with Crippen LogP contribution in [0.1, 0.15) is 31.6 Å². The van der Waals surface area contributed by atoms with E-state index in [1.165, 1.54) is 15.6 Å². The standard InChI is InChI=1S/C13H22N2O2S2/c1-10(2)14-9-8-12-6-7-13(18-12)19(16,17)15(3)11-4-5-11/h6-7,10-11,14H,4-5,8-9H2,1-3H3. The summed E-state index contributed by atoms with van der Waals surface area (Å²) in [6, 6.07) is 4.35. The fourth-order valence-corrected chi connectivity index (χ4v) is 4.85. The van der Waals surface area contributed by atoms with Gasteiger partial charge in [0.2, 0.25) is 0 Å². The van der Waals surface area contributed by atoms with Gasteiger partial charge in [0.1, 0.15) is 4.21 Å². The SMILES string of the molecule is CC(C)NCCc1ccc(S(=O)(=O)N(C)C2CC2)s1. The summed E-state index contributed by atoms with van der Waals surface area (Å²) in [6.45, 7) is 5.10. The molecule has 6 heteroatoms. The molecule has 0 aliphatic heterocycles. The molecule has 0 aromatic carbocycles. The molecule has 1 saturated carbocycles. The van der Waals surface area contributed by atoms with Crippen LogP contribution < -0.4 is 5.32 Å². The Kier molecular flexibility index (Phi) is 4.66. The molecule has 4 nitrogen and oxygen atoms in total. The largest absolute Gasteiger partial charge is 0.314 e. The van der Waals surface area contributed by atoms with Crippen molar-refractivity contribution in [2.75, 3.05) is 13.6 Å². The van der Waals surface area contributed by atoms with Gasteiger partial charge in [0.05, 0.1) is 0 Å². The van der Waals surface area contributed by atoms with Gasteiger partial charge in [0, 0.05) is 30.6 Å². The molecular weight excluding hydrogens is 280 g/mol. The predicted molar refractivity (Wildman–Crippen MR) is 79.1 cm³/mol. The van der Waals surface area contributed by atoms with Crippen LogP contribution >= 0.6 is 11.3 Å². The minimum absolute atomic E-state index is 0.221. The number of hydrogen-bond acceptors (Lipinski definition) is 4.